The number of pyridine rings is 2. The SMILES string of the molecule is C[C@H]1CN(C)CCN1CC(=O)Nc1cc2nc(-c3cnn(C)c3)ccc2cn1. The first kappa shape index (κ1) is 18.5. The number of hydrogen-bond donors (Lipinski definition) is 1. The van der Waals surface area contributed by atoms with E-state index in [-0.39, 0.29) is 5.91 Å². The number of piperazine rings is 1. The number of amides is 1. The molecular formula is C20H25N7O. The molecule has 1 saturated heterocycles. The van der Waals surface area contributed by atoms with Crippen LogP contribution in [0.3, 0.4) is 0 Å². The maximum absolute atomic E-state index is 12.5. The number of likely N-dealkylation sites (N-methyl/N-ethyl adjacent to an activating group) is 1. The van der Waals surface area contributed by atoms with Crippen molar-refractivity contribution in [3.63, 3.8) is 0 Å². The first-order valence-corrected chi connectivity index (χ1v) is 9.46. The van der Waals surface area contributed by atoms with Crippen molar-refractivity contribution in [3.05, 3.63) is 36.8 Å². The zero-order valence-electron chi connectivity index (χ0n) is 16.5. The van der Waals surface area contributed by atoms with Crippen molar-refractivity contribution >= 4 is 22.6 Å². The lowest BCUT2D eigenvalue weighted by Gasteiger charge is -2.37. The van der Waals surface area contributed by atoms with Gasteiger partial charge in [0.25, 0.3) is 0 Å². The Kier molecular flexibility index (Phi) is 5.06. The summed E-state index contributed by atoms with van der Waals surface area (Å²) in [5, 5.41) is 8.04. The van der Waals surface area contributed by atoms with E-state index in [0.717, 1.165) is 41.8 Å². The van der Waals surface area contributed by atoms with Crippen LogP contribution < -0.4 is 5.32 Å². The molecule has 4 heterocycles. The Balaban J connectivity index is 1.48. The van der Waals surface area contributed by atoms with E-state index in [0.29, 0.717) is 18.4 Å². The van der Waals surface area contributed by atoms with Crippen LogP contribution in [0, 0.1) is 0 Å². The number of fused-ring (bicyclic) bond motifs is 1. The van der Waals surface area contributed by atoms with Gasteiger partial charge in [-0.25, -0.2) is 9.97 Å². The van der Waals surface area contributed by atoms with Gasteiger partial charge in [-0.15, -0.1) is 0 Å². The van der Waals surface area contributed by atoms with Crippen molar-refractivity contribution in [1.82, 2.24) is 29.5 Å². The van der Waals surface area contributed by atoms with Crippen molar-refractivity contribution in [2.45, 2.75) is 13.0 Å². The molecule has 1 N–H and O–H groups in total. The van der Waals surface area contributed by atoms with Gasteiger partial charge in [0.1, 0.15) is 5.82 Å². The fourth-order valence-corrected chi connectivity index (χ4v) is 3.58. The summed E-state index contributed by atoms with van der Waals surface area (Å²) in [6, 6.07) is 6.11. The predicted octanol–water partition coefficient (Wildman–Crippen LogP) is 1.60. The van der Waals surface area contributed by atoms with Gasteiger partial charge >= 0.3 is 0 Å². The Hall–Kier alpha value is -2.84. The molecule has 1 fully saturated rings. The predicted molar refractivity (Wildman–Crippen MR) is 109 cm³/mol. The number of nitrogens with one attached hydrogen (secondary N) is 1. The van der Waals surface area contributed by atoms with Crippen LogP contribution in [-0.4, -0.2) is 74.7 Å². The highest BCUT2D eigenvalue weighted by atomic mass is 16.2. The number of nitrogens with zero attached hydrogens (tertiary/aromatic N) is 6. The number of aryl methyl sites for hydroxylation is 1. The average molecular weight is 379 g/mol. The van der Waals surface area contributed by atoms with Gasteiger partial charge in [-0.1, -0.05) is 0 Å². The molecule has 3 aromatic rings. The number of aromatic nitrogens is 4. The maximum atomic E-state index is 12.5. The van der Waals surface area contributed by atoms with Crippen LogP contribution in [0.2, 0.25) is 0 Å². The Morgan fingerprint density at radius 2 is 2.11 bits per heavy atom. The minimum absolute atomic E-state index is 0.0494. The van der Waals surface area contributed by atoms with Gasteiger partial charge in [0.05, 0.1) is 24.0 Å². The van der Waals surface area contributed by atoms with E-state index in [1.165, 1.54) is 0 Å². The molecule has 146 valence electrons. The summed E-state index contributed by atoms with van der Waals surface area (Å²) in [4.78, 5) is 26.1. The third-order valence-corrected chi connectivity index (χ3v) is 5.16. The van der Waals surface area contributed by atoms with Crippen LogP contribution in [0.1, 0.15) is 6.92 Å². The molecule has 1 amide bonds. The molecule has 4 rings (SSSR count). The van der Waals surface area contributed by atoms with Crippen molar-refractivity contribution in [2.75, 3.05) is 38.5 Å². The van der Waals surface area contributed by atoms with Crippen molar-refractivity contribution in [2.24, 2.45) is 7.05 Å². The zero-order valence-corrected chi connectivity index (χ0v) is 16.5. The van der Waals surface area contributed by atoms with Gasteiger partial charge in [-0.2, -0.15) is 5.10 Å². The molecule has 8 nitrogen and oxygen atoms in total. The van der Waals surface area contributed by atoms with E-state index in [2.05, 4.69) is 39.2 Å². The van der Waals surface area contributed by atoms with Gasteiger partial charge in [-0.3, -0.25) is 14.4 Å². The van der Waals surface area contributed by atoms with Crippen LogP contribution in [0.15, 0.2) is 36.8 Å². The molecule has 0 aromatic carbocycles. The summed E-state index contributed by atoms with van der Waals surface area (Å²) in [5.74, 6) is 0.474. The van der Waals surface area contributed by atoms with Crippen LogP contribution in [0.25, 0.3) is 22.2 Å². The lowest BCUT2D eigenvalue weighted by molar-refractivity contribution is -0.118. The second-order valence-electron chi connectivity index (χ2n) is 7.49. The fourth-order valence-electron chi connectivity index (χ4n) is 3.58. The van der Waals surface area contributed by atoms with E-state index in [9.17, 15) is 4.79 Å². The van der Waals surface area contributed by atoms with Crippen LogP contribution in [-0.2, 0) is 11.8 Å². The number of anilines is 1. The van der Waals surface area contributed by atoms with Gasteiger partial charge in [-0.05, 0) is 26.1 Å². The first-order valence-electron chi connectivity index (χ1n) is 9.46. The highest BCUT2D eigenvalue weighted by Crippen LogP contribution is 2.21. The molecule has 0 saturated carbocycles. The molecular weight excluding hydrogens is 354 g/mol. The Morgan fingerprint density at radius 1 is 1.25 bits per heavy atom. The lowest BCUT2D eigenvalue weighted by atomic mass is 10.2. The molecule has 0 unspecified atom stereocenters. The summed E-state index contributed by atoms with van der Waals surface area (Å²) < 4.78 is 1.75. The normalized spacial score (nSPS) is 18.5. The lowest BCUT2D eigenvalue weighted by Crippen LogP contribution is -2.52. The van der Waals surface area contributed by atoms with Crippen molar-refractivity contribution < 1.29 is 4.79 Å². The Bertz CT molecular complexity index is 999. The minimum atomic E-state index is -0.0494. The molecule has 0 bridgehead atoms. The van der Waals surface area contributed by atoms with E-state index >= 15 is 0 Å². The molecule has 1 aliphatic rings. The number of rotatable bonds is 4. The summed E-state index contributed by atoms with van der Waals surface area (Å²) in [5.41, 5.74) is 2.59. The third-order valence-electron chi connectivity index (χ3n) is 5.16. The van der Waals surface area contributed by atoms with Crippen molar-refractivity contribution in [1.29, 1.82) is 0 Å². The average Bonchev–Trinajstić information content (AvgIpc) is 3.10. The van der Waals surface area contributed by atoms with E-state index in [4.69, 9.17) is 4.98 Å². The summed E-state index contributed by atoms with van der Waals surface area (Å²) >= 11 is 0. The summed E-state index contributed by atoms with van der Waals surface area (Å²) in [6.07, 6.45) is 5.45. The third kappa shape index (κ3) is 4.02. The van der Waals surface area contributed by atoms with E-state index in [1.54, 1.807) is 17.1 Å². The molecule has 0 radical (unpaired) electrons. The van der Waals surface area contributed by atoms with Crippen LogP contribution in [0.5, 0.6) is 0 Å². The molecule has 3 aromatic heterocycles. The number of hydrogen-bond acceptors (Lipinski definition) is 6. The maximum Gasteiger partial charge on any atom is 0.239 e. The minimum Gasteiger partial charge on any atom is -0.310 e. The van der Waals surface area contributed by atoms with Crippen LogP contribution in [0.4, 0.5) is 5.82 Å². The monoisotopic (exact) mass is 379 g/mol. The summed E-state index contributed by atoms with van der Waals surface area (Å²) in [7, 11) is 3.99. The van der Waals surface area contributed by atoms with E-state index in [1.807, 2.05) is 31.4 Å². The highest BCUT2D eigenvalue weighted by molar-refractivity contribution is 5.93. The van der Waals surface area contributed by atoms with Gasteiger partial charge in [0, 0.05) is 62.1 Å². The topological polar surface area (TPSA) is 79.2 Å². The molecule has 8 heteroatoms. The quantitative estimate of drug-likeness (QED) is 0.742. The number of carbonyl (C=O) groups excluding carboxylic acids is 1. The smallest absolute Gasteiger partial charge is 0.239 e. The second-order valence-corrected chi connectivity index (χ2v) is 7.49. The standard InChI is InChI=1S/C20H25N7O/c1-14-11-25(2)6-7-27(14)13-20(28)24-19-8-18-15(9-21-19)4-5-17(23-18)16-10-22-26(3)12-16/h4-5,8-10,12,14H,6-7,11,13H2,1-3H3,(H,21,24,28)/t14-/m0/s1. The highest BCUT2D eigenvalue weighted by Gasteiger charge is 2.23. The molecule has 0 spiro atoms. The fraction of sp³-hybridized carbons (Fsp3) is 0.400. The number of carbonyl (C=O) groups is 1. The zero-order chi connectivity index (χ0) is 19.7. The molecule has 0 aliphatic carbocycles. The van der Waals surface area contributed by atoms with E-state index < -0.39 is 0 Å². The Morgan fingerprint density at radius 3 is 2.86 bits per heavy atom. The Labute approximate surface area is 164 Å². The molecule has 1 atom stereocenters. The van der Waals surface area contributed by atoms with Gasteiger partial charge < -0.3 is 10.2 Å². The van der Waals surface area contributed by atoms with Gasteiger partial charge in [0.2, 0.25) is 5.91 Å². The molecule has 28 heavy (non-hydrogen) atoms. The van der Waals surface area contributed by atoms with Crippen molar-refractivity contribution in [3.8, 4) is 11.3 Å². The largest absolute Gasteiger partial charge is 0.310 e. The molecule has 1 aliphatic heterocycles. The van der Waals surface area contributed by atoms with Gasteiger partial charge in [0.15, 0.2) is 0 Å². The second kappa shape index (κ2) is 7.65. The first-order chi connectivity index (χ1) is 13.5. The van der Waals surface area contributed by atoms with Crippen LogP contribution >= 0.6 is 0 Å². The summed E-state index contributed by atoms with van der Waals surface area (Å²) in [6.45, 7) is 5.38.